The van der Waals surface area contributed by atoms with E-state index in [1.807, 2.05) is 42.8 Å². The van der Waals surface area contributed by atoms with Gasteiger partial charge in [0.05, 0.1) is 4.88 Å². The number of nitrogens with one attached hydrogen (secondary N) is 1. The Morgan fingerprint density at radius 3 is 2.95 bits per heavy atom. The summed E-state index contributed by atoms with van der Waals surface area (Å²) in [6.45, 7) is 4.13. The molecule has 0 aliphatic carbocycles. The lowest BCUT2D eigenvalue weighted by Gasteiger charge is -2.02. The minimum atomic E-state index is 0.132. The number of H-pyrrole nitrogens is 1. The highest BCUT2D eigenvalue weighted by Gasteiger charge is 2.18. The summed E-state index contributed by atoms with van der Waals surface area (Å²) >= 11 is 1.53. The number of fused-ring (bicyclic) bond motifs is 1. The van der Waals surface area contributed by atoms with Crippen LogP contribution in [0, 0.1) is 6.92 Å². The summed E-state index contributed by atoms with van der Waals surface area (Å²) < 4.78 is 0. The Morgan fingerprint density at radius 2 is 2.16 bits per heavy atom. The average Bonchev–Trinajstić information content (AvgIpc) is 3.05. The quantitative estimate of drug-likeness (QED) is 0.705. The van der Waals surface area contributed by atoms with Gasteiger partial charge in [0.25, 0.3) is 0 Å². The van der Waals surface area contributed by atoms with Crippen LogP contribution < -0.4 is 0 Å². The van der Waals surface area contributed by atoms with Crippen molar-refractivity contribution in [2.45, 2.75) is 20.3 Å². The first kappa shape index (κ1) is 12.2. The fourth-order valence-corrected chi connectivity index (χ4v) is 3.43. The van der Waals surface area contributed by atoms with Gasteiger partial charge in [-0.3, -0.25) is 4.79 Å². The van der Waals surface area contributed by atoms with Crippen LogP contribution in [-0.4, -0.2) is 10.8 Å². The summed E-state index contributed by atoms with van der Waals surface area (Å²) in [6, 6.07) is 8.10. The number of aryl methyl sites for hydroxylation is 2. The van der Waals surface area contributed by atoms with E-state index in [-0.39, 0.29) is 5.78 Å². The second kappa shape index (κ2) is 4.67. The maximum atomic E-state index is 12.7. The van der Waals surface area contributed by atoms with Crippen LogP contribution in [0.15, 0.2) is 35.8 Å². The predicted octanol–water partition coefficient (Wildman–Crippen LogP) is 4.33. The van der Waals surface area contributed by atoms with Gasteiger partial charge in [0.2, 0.25) is 5.78 Å². The van der Waals surface area contributed by atoms with Crippen molar-refractivity contribution in [2.75, 3.05) is 0 Å². The van der Waals surface area contributed by atoms with Crippen LogP contribution in [0.5, 0.6) is 0 Å². The first-order valence-corrected chi connectivity index (χ1v) is 7.28. The van der Waals surface area contributed by atoms with Crippen LogP contribution in [0.3, 0.4) is 0 Å². The zero-order valence-corrected chi connectivity index (χ0v) is 11.8. The molecule has 0 saturated carbocycles. The van der Waals surface area contributed by atoms with E-state index >= 15 is 0 Å². The number of thiophene rings is 1. The van der Waals surface area contributed by atoms with Gasteiger partial charge < -0.3 is 4.98 Å². The SMILES string of the molecule is CCc1ccsc1C(=O)c1c[nH]c2cccc(C)c12. The minimum Gasteiger partial charge on any atom is -0.360 e. The van der Waals surface area contributed by atoms with Crippen molar-refractivity contribution < 1.29 is 4.79 Å². The number of carbonyl (C=O) groups is 1. The Bertz CT molecular complexity index is 751. The molecule has 3 rings (SSSR count). The lowest BCUT2D eigenvalue weighted by atomic mass is 10.0. The molecule has 0 unspecified atom stereocenters. The van der Waals surface area contributed by atoms with Crippen LogP contribution in [-0.2, 0) is 6.42 Å². The largest absolute Gasteiger partial charge is 0.360 e. The Hall–Kier alpha value is -1.87. The highest BCUT2D eigenvalue weighted by Crippen LogP contribution is 2.27. The van der Waals surface area contributed by atoms with Crippen LogP contribution in [0.2, 0.25) is 0 Å². The Morgan fingerprint density at radius 1 is 1.32 bits per heavy atom. The average molecular weight is 269 g/mol. The van der Waals surface area contributed by atoms with Crippen molar-refractivity contribution in [3.8, 4) is 0 Å². The van der Waals surface area contributed by atoms with Gasteiger partial charge in [-0.2, -0.15) is 0 Å². The molecule has 1 N–H and O–H groups in total. The van der Waals surface area contributed by atoms with Gasteiger partial charge in [-0.1, -0.05) is 19.1 Å². The summed E-state index contributed by atoms with van der Waals surface area (Å²) in [5.74, 6) is 0.132. The molecule has 0 amide bonds. The summed E-state index contributed by atoms with van der Waals surface area (Å²) in [5, 5.41) is 3.04. The second-order valence-corrected chi connectivity index (χ2v) is 5.57. The maximum Gasteiger partial charge on any atom is 0.205 e. The predicted molar refractivity (Wildman–Crippen MR) is 80.2 cm³/mol. The highest BCUT2D eigenvalue weighted by atomic mass is 32.1. The smallest absolute Gasteiger partial charge is 0.205 e. The Kier molecular flexibility index (Phi) is 2.99. The van der Waals surface area contributed by atoms with Crippen molar-refractivity contribution >= 4 is 28.0 Å². The van der Waals surface area contributed by atoms with E-state index in [0.717, 1.165) is 38.9 Å². The fourth-order valence-electron chi connectivity index (χ4n) is 2.48. The van der Waals surface area contributed by atoms with Crippen molar-refractivity contribution in [1.29, 1.82) is 0 Å². The van der Waals surface area contributed by atoms with E-state index in [1.54, 1.807) is 0 Å². The third kappa shape index (κ3) is 1.90. The topological polar surface area (TPSA) is 32.9 Å². The number of ketones is 1. The molecule has 0 bridgehead atoms. The van der Waals surface area contributed by atoms with E-state index in [1.165, 1.54) is 11.3 Å². The number of hydrogen-bond donors (Lipinski definition) is 1. The van der Waals surface area contributed by atoms with E-state index in [0.29, 0.717) is 0 Å². The van der Waals surface area contributed by atoms with Crippen LogP contribution >= 0.6 is 11.3 Å². The summed E-state index contributed by atoms with van der Waals surface area (Å²) in [4.78, 5) is 16.8. The molecule has 0 aliphatic rings. The molecule has 19 heavy (non-hydrogen) atoms. The van der Waals surface area contributed by atoms with E-state index in [4.69, 9.17) is 0 Å². The van der Waals surface area contributed by atoms with Gasteiger partial charge in [0.1, 0.15) is 0 Å². The van der Waals surface area contributed by atoms with Gasteiger partial charge >= 0.3 is 0 Å². The maximum absolute atomic E-state index is 12.7. The Balaban J connectivity index is 2.17. The molecule has 0 radical (unpaired) electrons. The molecule has 1 aromatic carbocycles. The van der Waals surface area contributed by atoms with Crippen LogP contribution in [0.25, 0.3) is 10.9 Å². The van der Waals surface area contributed by atoms with E-state index in [9.17, 15) is 4.79 Å². The zero-order chi connectivity index (χ0) is 13.4. The van der Waals surface area contributed by atoms with Crippen LogP contribution in [0.1, 0.15) is 33.3 Å². The number of aromatic amines is 1. The number of benzene rings is 1. The van der Waals surface area contributed by atoms with Crippen LogP contribution in [0.4, 0.5) is 0 Å². The normalized spacial score (nSPS) is 11.1. The lowest BCUT2D eigenvalue weighted by Crippen LogP contribution is -2.01. The van der Waals surface area contributed by atoms with Crippen molar-refractivity contribution in [2.24, 2.45) is 0 Å². The molecule has 3 aromatic rings. The molecule has 2 aromatic heterocycles. The zero-order valence-electron chi connectivity index (χ0n) is 11.0. The molecular formula is C16H15NOS. The van der Waals surface area contributed by atoms with Gasteiger partial charge in [-0.15, -0.1) is 11.3 Å². The number of hydrogen-bond acceptors (Lipinski definition) is 2. The lowest BCUT2D eigenvalue weighted by molar-refractivity contribution is 0.104. The molecule has 2 nitrogen and oxygen atoms in total. The molecule has 0 atom stereocenters. The van der Waals surface area contributed by atoms with E-state index < -0.39 is 0 Å². The van der Waals surface area contributed by atoms with Crippen molar-refractivity contribution in [3.63, 3.8) is 0 Å². The Labute approximate surface area is 116 Å². The monoisotopic (exact) mass is 269 g/mol. The van der Waals surface area contributed by atoms with Gasteiger partial charge in [-0.25, -0.2) is 0 Å². The van der Waals surface area contributed by atoms with Crippen molar-refractivity contribution in [1.82, 2.24) is 4.98 Å². The molecular weight excluding hydrogens is 254 g/mol. The number of rotatable bonds is 3. The molecule has 96 valence electrons. The summed E-state index contributed by atoms with van der Waals surface area (Å²) in [6.07, 6.45) is 2.73. The first-order chi connectivity index (χ1) is 9.22. The highest BCUT2D eigenvalue weighted by molar-refractivity contribution is 7.12. The summed E-state index contributed by atoms with van der Waals surface area (Å²) in [5.41, 5.74) is 4.08. The standard InChI is InChI=1S/C16H15NOS/c1-3-11-7-8-19-16(11)15(18)12-9-17-13-6-4-5-10(2)14(12)13/h4-9,17H,3H2,1-2H3. The molecule has 0 spiro atoms. The second-order valence-electron chi connectivity index (χ2n) is 4.66. The molecule has 3 heteroatoms. The third-order valence-electron chi connectivity index (χ3n) is 3.49. The molecule has 0 aliphatic heterocycles. The van der Waals surface area contributed by atoms with Crippen molar-refractivity contribution in [3.05, 3.63) is 57.4 Å². The third-order valence-corrected chi connectivity index (χ3v) is 4.45. The van der Waals surface area contributed by atoms with Gasteiger partial charge in [-0.05, 0) is 42.0 Å². The molecule has 2 heterocycles. The van der Waals surface area contributed by atoms with Gasteiger partial charge in [0, 0.05) is 22.7 Å². The number of aromatic nitrogens is 1. The summed E-state index contributed by atoms with van der Waals surface area (Å²) in [7, 11) is 0. The van der Waals surface area contributed by atoms with Gasteiger partial charge in [0.15, 0.2) is 0 Å². The molecule has 0 fully saturated rings. The molecule has 0 saturated heterocycles. The fraction of sp³-hybridized carbons (Fsp3) is 0.188. The van der Waals surface area contributed by atoms with E-state index in [2.05, 4.69) is 11.9 Å². The first-order valence-electron chi connectivity index (χ1n) is 6.40. The minimum absolute atomic E-state index is 0.132. The number of carbonyl (C=O) groups excluding carboxylic acids is 1.